The highest BCUT2D eigenvalue weighted by Crippen LogP contribution is 2.53. The van der Waals surface area contributed by atoms with Crippen LogP contribution in [0.4, 0.5) is 4.39 Å². The topological polar surface area (TPSA) is 58.5 Å². The fraction of sp³-hybridized carbons (Fsp3) is 0.538. The van der Waals surface area contributed by atoms with Crippen molar-refractivity contribution >= 4 is 27.2 Å². The van der Waals surface area contributed by atoms with Gasteiger partial charge in [-0.25, -0.2) is 13.9 Å². The molecule has 7 rings (SSSR count). The molecular formula is C26H30FN5OS. The molecule has 8 heteroatoms. The Hall–Kier alpha value is -2.29. The van der Waals surface area contributed by atoms with Crippen molar-refractivity contribution in [2.45, 2.75) is 57.2 Å². The van der Waals surface area contributed by atoms with Gasteiger partial charge < -0.3 is 9.72 Å². The fourth-order valence-corrected chi connectivity index (χ4v) is 8.15. The molecule has 0 aromatic carbocycles. The SMILES string of the molecule is Cc1c([C@@H]2CC3C[C@H]2CN3CC2(F)COC2)sc2[nH]c(-c3ccc4ncnn4c3)c(C(C)C)c12. The zero-order valence-electron chi connectivity index (χ0n) is 19.8. The number of H-pyrrole nitrogens is 1. The molecule has 6 heterocycles. The molecule has 0 spiro atoms. The third kappa shape index (κ3) is 3.04. The van der Waals surface area contributed by atoms with Crippen molar-refractivity contribution in [3.63, 3.8) is 0 Å². The largest absolute Gasteiger partial charge is 0.375 e. The monoisotopic (exact) mass is 479 g/mol. The summed E-state index contributed by atoms with van der Waals surface area (Å²) < 4.78 is 21.6. The summed E-state index contributed by atoms with van der Waals surface area (Å²) in [6.45, 7) is 8.97. The van der Waals surface area contributed by atoms with Crippen LogP contribution in [0.2, 0.25) is 0 Å². The maximum absolute atomic E-state index is 14.7. The van der Waals surface area contributed by atoms with E-state index in [0.717, 1.165) is 24.2 Å². The third-order valence-electron chi connectivity index (χ3n) is 8.30. The summed E-state index contributed by atoms with van der Waals surface area (Å²) in [5.41, 5.74) is 4.90. The minimum absolute atomic E-state index is 0.267. The highest BCUT2D eigenvalue weighted by Gasteiger charge is 2.50. The van der Waals surface area contributed by atoms with E-state index in [0.29, 0.717) is 30.3 Å². The first kappa shape index (κ1) is 21.0. The molecule has 2 saturated heterocycles. The summed E-state index contributed by atoms with van der Waals surface area (Å²) in [4.78, 5) is 13.3. The zero-order valence-corrected chi connectivity index (χ0v) is 20.7. The minimum Gasteiger partial charge on any atom is -0.375 e. The number of halogens is 1. The molecule has 3 fully saturated rings. The predicted molar refractivity (Wildman–Crippen MR) is 132 cm³/mol. The molecule has 0 amide bonds. The number of thiophene rings is 1. The summed E-state index contributed by atoms with van der Waals surface area (Å²) in [5.74, 6) is 1.63. The Kier molecular flexibility index (Phi) is 4.55. The van der Waals surface area contributed by atoms with Gasteiger partial charge >= 0.3 is 0 Å². The average Bonchev–Trinajstić information content (AvgIpc) is 3.58. The molecule has 178 valence electrons. The molecule has 4 aromatic heterocycles. The van der Waals surface area contributed by atoms with Crippen molar-refractivity contribution < 1.29 is 9.13 Å². The Balaban J connectivity index is 1.22. The smallest absolute Gasteiger partial charge is 0.169 e. The van der Waals surface area contributed by atoms with Gasteiger partial charge in [-0.05, 0) is 60.8 Å². The van der Waals surface area contributed by atoms with Crippen molar-refractivity contribution in [1.29, 1.82) is 0 Å². The lowest BCUT2D eigenvalue weighted by Crippen LogP contribution is -2.55. The molecule has 1 unspecified atom stereocenters. The van der Waals surface area contributed by atoms with E-state index in [1.54, 1.807) is 6.33 Å². The Morgan fingerprint density at radius 3 is 2.85 bits per heavy atom. The second-order valence-corrected chi connectivity index (χ2v) is 12.0. The maximum Gasteiger partial charge on any atom is 0.169 e. The van der Waals surface area contributed by atoms with Gasteiger partial charge in [0.15, 0.2) is 11.3 Å². The molecule has 34 heavy (non-hydrogen) atoms. The average molecular weight is 480 g/mol. The van der Waals surface area contributed by atoms with E-state index in [-0.39, 0.29) is 13.2 Å². The van der Waals surface area contributed by atoms with E-state index >= 15 is 0 Å². The van der Waals surface area contributed by atoms with E-state index in [2.05, 4.69) is 53.0 Å². The molecule has 3 atom stereocenters. The second-order valence-electron chi connectivity index (χ2n) is 10.9. The second kappa shape index (κ2) is 7.35. The lowest BCUT2D eigenvalue weighted by atomic mass is 9.88. The number of ether oxygens (including phenoxy) is 1. The van der Waals surface area contributed by atoms with Gasteiger partial charge in [-0.15, -0.1) is 11.3 Å². The molecule has 2 bridgehead atoms. The molecule has 1 N–H and O–H groups in total. The van der Waals surface area contributed by atoms with Gasteiger partial charge in [0.05, 0.1) is 18.9 Å². The van der Waals surface area contributed by atoms with Gasteiger partial charge in [0.1, 0.15) is 11.2 Å². The van der Waals surface area contributed by atoms with E-state index in [1.165, 1.54) is 38.3 Å². The highest BCUT2D eigenvalue weighted by atomic mass is 32.1. The Labute approximate surface area is 202 Å². The molecule has 4 aromatic rings. The van der Waals surface area contributed by atoms with E-state index in [4.69, 9.17) is 4.74 Å². The molecule has 2 aliphatic heterocycles. The van der Waals surface area contributed by atoms with Gasteiger partial charge in [-0.3, -0.25) is 4.90 Å². The van der Waals surface area contributed by atoms with Gasteiger partial charge in [0.2, 0.25) is 0 Å². The van der Waals surface area contributed by atoms with Gasteiger partial charge in [0.25, 0.3) is 0 Å². The zero-order chi connectivity index (χ0) is 23.2. The number of nitrogens with one attached hydrogen (secondary N) is 1. The molecule has 6 nitrogen and oxygen atoms in total. The quantitative estimate of drug-likeness (QED) is 0.423. The van der Waals surface area contributed by atoms with Crippen LogP contribution in [0.3, 0.4) is 0 Å². The van der Waals surface area contributed by atoms with E-state index in [1.807, 2.05) is 21.9 Å². The first-order chi connectivity index (χ1) is 16.4. The van der Waals surface area contributed by atoms with E-state index < -0.39 is 5.67 Å². The fourth-order valence-electron chi connectivity index (χ4n) is 6.71. The van der Waals surface area contributed by atoms with Crippen molar-refractivity contribution in [3.05, 3.63) is 40.7 Å². The normalized spacial score (nSPS) is 26.3. The van der Waals surface area contributed by atoms with Crippen LogP contribution in [-0.4, -0.2) is 62.5 Å². The molecule has 0 radical (unpaired) electrons. The number of hydrogen-bond acceptors (Lipinski definition) is 5. The molecule has 3 aliphatic rings. The van der Waals surface area contributed by atoms with Crippen molar-refractivity contribution in [2.75, 3.05) is 26.3 Å². The number of likely N-dealkylation sites (tertiary alicyclic amines) is 1. The summed E-state index contributed by atoms with van der Waals surface area (Å²) in [6.07, 6.45) is 6.01. The minimum atomic E-state index is -1.12. The standard InChI is InChI=1S/C26H30FN5OS/c1-14(2)21-22-15(3)24(19-7-18-6-17(19)8-31(18)10-26(27)11-33-12-26)34-25(22)30-23(21)16-4-5-20-28-13-29-32(20)9-16/h4-5,9,13-14,17-19,30H,6-8,10-12H2,1-3H3/t17-,18?,19+/m0/s1. The van der Waals surface area contributed by atoms with Crippen LogP contribution in [-0.2, 0) is 4.74 Å². The van der Waals surface area contributed by atoms with Gasteiger partial charge in [-0.2, -0.15) is 5.10 Å². The lowest BCUT2D eigenvalue weighted by Gasteiger charge is -2.40. The summed E-state index contributed by atoms with van der Waals surface area (Å²) >= 11 is 1.94. The highest BCUT2D eigenvalue weighted by molar-refractivity contribution is 7.19. The van der Waals surface area contributed by atoms with Gasteiger partial charge in [-0.1, -0.05) is 13.8 Å². The Bertz CT molecular complexity index is 1400. The number of aromatic nitrogens is 4. The molecular weight excluding hydrogens is 449 g/mol. The van der Waals surface area contributed by atoms with Crippen LogP contribution in [0.15, 0.2) is 24.7 Å². The summed E-state index contributed by atoms with van der Waals surface area (Å²) in [5, 5.41) is 5.72. The van der Waals surface area contributed by atoms with Crippen LogP contribution < -0.4 is 0 Å². The van der Waals surface area contributed by atoms with Crippen molar-refractivity contribution in [3.8, 4) is 11.3 Å². The number of nitrogens with zero attached hydrogens (tertiary/aromatic N) is 4. The first-order valence-corrected chi connectivity index (χ1v) is 13.2. The van der Waals surface area contributed by atoms with Crippen molar-refractivity contribution in [2.24, 2.45) is 5.92 Å². The molecule has 1 aliphatic carbocycles. The third-order valence-corrected chi connectivity index (χ3v) is 9.64. The maximum atomic E-state index is 14.7. The predicted octanol–water partition coefficient (Wildman–Crippen LogP) is 5.29. The van der Waals surface area contributed by atoms with Crippen LogP contribution in [0.5, 0.6) is 0 Å². The van der Waals surface area contributed by atoms with Gasteiger partial charge in [0, 0.05) is 41.2 Å². The number of aromatic amines is 1. The Morgan fingerprint density at radius 2 is 2.15 bits per heavy atom. The van der Waals surface area contributed by atoms with Crippen LogP contribution in [0.1, 0.15) is 54.5 Å². The lowest BCUT2D eigenvalue weighted by molar-refractivity contribution is -0.143. The number of piperidine rings is 1. The summed E-state index contributed by atoms with van der Waals surface area (Å²) in [7, 11) is 0. The first-order valence-electron chi connectivity index (χ1n) is 12.4. The number of pyridine rings is 1. The number of alkyl halides is 1. The number of rotatable bonds is 5. The van der Waals surface area contributed by atoms with Crippen LogP contribution >= 0.6 is 11.3 Å². The number of aryl methyl sites for hydroxylation is 1. The van der Waals surface area contributed by atoms with Crippen molar-refractivity contribution in [1.82, 2.24) is 24.5 Å². The Morgan fingerprint density at radius 1 is 1.29 bits per heavy atom. The molecule has 1 saturated carbocycles. The van der Waals surface area contributed by atoms with Crippen LogP contribution in [0.25, 0.3) is 27.1 Å². The number of hydrogen-bond donors (Lipinski definition) is 1. The van der Waals surface area contributed by atoms with Crippen LogP contribution in [0, 0.1) is 12.8 Å². The van der Waals surface area contributed by atoms with E-state index in [9.17, 15) is 4.39 Å². The number of fused-ring (bicyclic) bond motifs is 4. The summed E-state index contributed by atoms with van der Waals surface area (Å²) in [6, 6.07) is 4.67.